The second-order valence-electron chi connectivity index (χ2n) is 8.79. The molecule has 0 saturated carbocycles. The molecule has 1 amide bonds. The number of carbonyl (C=O) groups excluding carboxylic acids is 1. The minimum Gasteiger partial charge on any atom is -0.356 e. The third kappa shape index (κ3) is 3.44. The lowest BCUT2D eigenvalue weighted by atomic mass is 9.85. The lowest BCUT2D eigenvalue weighted by Gasteiger charge is -2.40. The number of fused-ring (bicyclic) bond motifs is 3. The highest BCUT2D eigenvalue weighted by molar-refractivity contribution is 5.89. The van der Waals surface area contributed by atoms with Gasteiger partial charge in [-0.1, -0.05) is 92.7 Å². The fourth-order valence-corrected chi connectivity index (χ4v) is 5.14. The lowest BCUT2D eigenvalue weighted by Crippen LogP contribution is -2.44. The van der Waals surface area contributed by atoms with Crippen molar-refractivity contribution in [3.8, 4) is 0 Å². The van der Waals surface area contributed by atoms with Crippen LogP contribution in [0.5, 0.6) is 0 Å². The number of benzene rings is 3. The van der Waals surface area contributed by atoms with Crippen molar-refractivity contribution in [2.24, 2.45) is 5.92 Å². The van der Waals surface area contributed by atoms with Crippen molar-refractivity contribution in [2.75, 3.05) is 6.54 Å². The SMILES string of the molecule is CC(C)[C@@H]1c2[nH]c3ccccc3c2CCN1C(=O)C(c1ccccc1)c1ccccc1. The van der Waals surface area contributed by atoms with E-state index in [4.69, 9.17) is 0 Å². The molecular weight excluding hydrogens is 380 g/mol. The van der Waals surface area contributed by atoms with Crippen molar-refractivity contribution in [2.45, 2.75) is 32.2 Å². The maximum atomic E-state index is 14.2. The molecular formula is C28H28N2O. The number of amides is 1. The predicted molar refractivity (Wildman–Crippen MR) is 126 cm³/mol. The highest BCUT2D eigenvalue weighted by Gasteiger charge is 2.38. The Kier molecular flexibility index (Phi) is 5.11. The molecule has 0 bridgehead atoms. The van der Waals surface area contributed by atoms with Crippen molar-refractivity contribution >= 4 is 16.8 Å². The van der Waals surface area contributed by atoms with E-state index in [2.05, 4.69) is 72.3 Å². The maximum absolute atomic E-state index is 14.2. The number of H-pyrrole nitrogens is 1. The van der Waals surface area contributed by atoms with Gasteiger partial charge in [-0.15, -0.1) is 0 Å². The number of nitrogens with zero attached hydrogens (tertiary/aromatic N) is 1. The van der Waals surface area contributed by atoms with Crippen LogP contribution in [0.4, 0.5) is 0 Å². The molecule has 0 fully saturated rings. The molecule has 3 nitrogen and oxygen atoms in total. The van der Waals surface area contributed by atoms with E-state index >= 15 is 0 Å². The number of carbonyl (C=O) groups is 1. The quantitative estimate of drug-likeness (QED) is 0.436. The van der Waals surface area contributed by atoms with Crippen LogP contribution in [0.1, 0.15) is 48.2 Å². The van der Waals surface area contributed by atoms with Gasteiger partial charge in [0, 0.05) is 23.1 Å². The highest BCUT2D eigenvalue weighted by atomic mass is 16.2. The summed E-state index contributed by atoms with van der Waals surface area (Å²) in [5.74, 6) is 0.193. The Bertz CT molecular complexity index is 1150. The van der Waals surface area contributed by atoms with E-state index in [0.29, 0.717) is 5.92 Å². The van der Waals surface area contributed by atoms with Crippen molar-refractivity contribution in [1.29, 1.82) is 0 Å². The fraction of sp³-hybridized carbons (Fsp3) is 0.250. The number of aromatic amines is 1. The average molecular weight is 409 g/mol. The zero-order valence-corrected chi connectivity index (χ0v) is 18.1. The van der Waals surface area contributed by atoms with Crippen LogP contribution in [0.2, 0.25) is 0 Å². The van der Waals surface area contributed by atoms with Gasteiger partial charge in [-0.25, -0.2) is 0 Å². The van der Waals surface area contributed by atoms with Crippen molar-refractivity contribution in [3.05, 3.63) is 107 Å². The molecule has 156 valence electrons. The molecule has 31 heavy (non-hydrogen) atoms. The Labute approximate surface area is 183 Å². The normalized spacial score (nSPS) is 16.1. The number of nitrogens with one attached hydrogen (secondary N) is 1. The van der Waals surface area contributed by atoms with Crippen molar-refractivity contribution < 1.29 is 4.79 Å². The molecule has 1 atom stereocenters. The van der Waals surface area contributed by atoms with E-state index in [1.165, 1.54) is 16.6 Å². The number of para-hydroxylation sites is 1. The fourth-order valence-electron chi connectivity index (χ4n) is 5.14. The van der Waals surface area contributed by atoms with Crippen LogP contribution in [0.25, 0.3) is 10.9 Å². The molecule has 0 unspecified atom stereocenters. The second kappa shape index (κ2) is 8.07. The van der Waals surface area contributed by atoms with E-state index < -0.39 is 0 Å². The van der Waals surface area contributed by atoms with Crippen LogP contribution in [0.3, 0.4) is 0 Å². The Balaban J connectivity index is 1.59. The van der Waals surface area contributed by atoms with Gasteiger partial charge in [0.15, 0.2) is 0 Å². The Hall–Kier alpha value is -3.33. The first-order valence-electron chi connectivity index (χ1n) is 11.1. The van der Waals surface area contributed by atoms with E-state index in [9.17, 15) is 4.79 Å². The van der Waals surface area contributed by atoms with Gasteiger partial charge < -0.3 is 9.88 Å². The monoisotopic (exact) mass is 408 g/mol. The van der Waals surface area contributed by atoms with Crippen LogP contribution < -0.4 is 0 Å². The first-order chi connectivity index (χ1) is 15.1. The lowest BCUT2D eigenvalue weighted by molar-refractivity contribution is -0.136. The van der Waals surface area contributed by atoms with Gasteiger partial charge in [0.1, 0.15) is 0 Å². The Morgan fingerprint density at radius 3 is 2.06 bits per heavy atom. The third-order valence-electron chi connectivity index (χ3n) is 6.51. The van der Waals surface area contributed by atoms with E-state index in [0.717, 1.165) is 29.6 Å². The average Bonchev–Trinajstić information content (AvgIpc) is 3.18. The summed E-state index contributed by atoms with van der Waals surface area (Å²) in [5, 5.41) is 1.29. The first kappa shape index (κ1) is 19.6. The zero-order chi connectivity index (χ0) is 21.4. The van der Waals surface area contributed by atoms with Crippen LogP contribution >= 0.6 is 0 Å². The first-order valence-corrected chi connectivity index (χ1v) is 11.1. The summed E-state index contributed by atoms with van der Waals surface area (Å²) in [5.41, 5.74) is 5.83. The minimum absolute atomic E-state index is 0.0403. The number of aromatic nitrogens is 1. The number of hydrogen-bond donors (Lipinski definition) is 1. The zero-order valence-electron chi connectivity index (χ0n) is 18.1. The molecule has 0 aliphatic carbocycles. The largest absolute Gasteiger partial charge is 0.356 e. The summed E-state index contributed by atoms with van der Waals surface area (Å²) >= 11 is 0. The van der Waals surface area contributed by atoms with Gasteiger partial charge in [0.25, 0.3) is 0 Å². The molecule has 3 aromatic carbocycles. The molecule has 0 spiro atoms. The standard InChI is InChI=1S/C28H28N2O/c1-19(2)27-26-23(22-15-9-10-16-24(22)29-26)17-18-30(27)28(31)25(20-11-5-3-6-12-20)21-13-7-4-8-14-21/h3-16,19,25,27,29H,17-18H2,1-2H3/t27-/m1/s1. The molecule has 1 N–H and O–H groups in total. The van der Waals surface area contributed by atoms with Crippen molar-refractivity contribution in [1.82, 2.24) is 9.88 Å². The molecule has 1 aromatic heterocycles. The van der Waals surface area contributed by atoms with E-state index in [1.54, 1.807) is 0 Å². The van der Waals surface area contributed by atoms with Gasteiger partial charge in [-0.05, 0) is 35.1 Å². The van der Waals surface area contributed by atoms with Gasteiger partial charge in [-0.3, -0.25) is 4.79 Å². The molecule has 2 heterocycles. The molecule has 3 heteroatoms. The van der Waals surface area contributed by atoms with Crippen LogP contribution in [0, 0.1) is 5.92 Å². The van der Waals surface area contributed by atoms with Crippen molar-refractivity contribution in [3.63, 3.8) is 0 Å². The third-order valence-corrected chi connectivity index (χ3v) is 6.51. The predicted octanol–water partition coefficient (Wildman–Crippen LogP) is 6.08. The molecule has 1 aliphatic heterocycles. The molecule has 4 aromatic rings. The topological polar surface area (TPSA) is 36.1 Å². The summed E-state index contributed by atoms with van der Waals surface area (Å²) in [6, 6.07) is 28.9. The summed E-state index contributed by atoms with van der Waals surface area (Å²) in [4.78, 5) is 19.9. The maximum Gasteiger partial charge on any atom is 0.235 e. The summed E-state index contributed by atoms with van der Waals surface area (Å²) in [6.45, 7) is 5.17. The van der Waals surface area contributed by atoms with E-state index in [1.807, 2.05) is 36.4 Å². The van der Waals surface area contributed by atoms with Gasteiger partial charge in [0.05, 0.1) is 12.0 Å². The highest BCUT2D eigenvalue weighted by Crippen LogP contribution is 2.40. The number of hydrogen-bond acceptors (Lipinski definition) is 1. The summed E-state index contributed by atoms with van der Waals surface area (Å²) < 4.78 is 0. The Morgan fingerprint density at radius 2 is 1.45 bits per heavy atom. The van der Waals surface area contributed by atoms with Gasteiger partial charge >= 0.3 is 0 Å². The molecule has 1 aliphatic rings. The minimum atomic E-state index is -0.297. The molecule has 5 rings (SSSR count). The summed E-state index contributed by atoms with van der Waals surface area (Å²) in [7, 11) is 0. The Morgan fingerprint density at radius 1 is 0.871 bits per heavy atom. The number of rotatable bonds is 4. The van der Waals surface area contributed by atoms with Crippen LogP contribution in [0.15, 0.2) is 84.9 Å². The summed E-state index contributed by atoms with van der Waals surface area (Å²) in [6.07, 6.45) is 0.880. The second-order valence-corrected chi connectivity index (χ2v) is 8.79. The van der Waals surface area contributed by atoms with Crippen LogP contribution in [-0.2, 0) is 11.2 Å². The smallest absolute Gasteiger partial charge is 0.235 e. The molecule has 0 saturated heterocycles. The van der Waals surface area contributed by atoms with Gasteiger partial charge in [-0.2, -0.15) is 0 Å². The van der Waals surface area contributed by atoms with Crippen LogP contribution in [-0.4, -0.2) is 22.3 Å². The molecule has 0 radical (unpaired) electrons. The van der Waals surface area contributed by atoms with E-state index in [-0.39, 0.29) is 17.9 Å². The van der Waals surface area contributed by atoms with Gasteiger partial charge in [0.2, 0.25) is 5.91 Å².